The highest BCUT2D eigenvalue weighted by Gasteiger charge is 2.18. The van der Waals surface area contributed by atoms with Crippen molar-refractivity contribution in [1.29, 1.82) is 0 Å². The maximum atomic E-state index is 10.7. The van der Waals surface area contributed by atoms with Gasteiger partial charge in [-0.05, 0) is 30.3 Å². The van der Waals surface area contributed by atoms with Gasteiger partial charge in [0.2, 0.25) is 0 Å². The second-order valence-corrected chi connectivity index (χ2v) is 6.34. The molecule has 0 fully saturated rings. The second kappa shape index (κ2) is 6.13. The number of nitrogens with zero attached hydrogens (tertiary/aromatic N) is 2. The molecule has 5 heteroatoms. The lowest BCUT2D eigenvalue weighted by molar-refractivity contribution is 0.211. The number of aliphatic hydroxyl groups is 1. The monoisotopic (exact) mass is 406 g/mol. The first-order valence-corrected chi connectivity index (χ1v) is 7.98. The second-order valence-electron chi connectivity index (χ2n) is 4.57. The molecule has 0 amide bonds. The number of hydrogen-bond acceptors (Lipinski definition) is 2. The molecule has 0 bridgehead atoms. The summed E-state index contributed by atoms with van der Waals surface area (Å²) in [6, 6.07) is 17.3. The van der Waals surface area contributed by atoms with Crippen LogP contribution in [0.1, 0.15) is 17.4 Å². The summed E-state index contributed by atoms with van der Waals surface area (Å²) in [5, 5.41) is 15.0. The minimum Gasteiger partial charge on any atom is -0.382 e. The summed E-state index contributed by atoms with van der Waals surface area (Å²) in [4.78, 5) is 0. The molecule has 1 aromatic heterocycles. The van der Waals surface area contributed by atoms with Gasteiger partial charge in [0.15, 0.2) is 0 Å². The Kier molecular flexibility index (Phi) is 4.24. The third kappa shape index (κ3) is 2.95. The molecule has 2 aromatic carbocycles. The molecule has 1 unspecified atom stereocenters. The van der Waals surface area contributed by atoms with Crippen molar-refractivity contribution in [2.45, 2.75) is 6.10 Å². The van der Waals surface area contributed by atoms with Crippen LogP contribution in [0, 0.1) is 0 Å². The molecule has 0 saturated carbocycles. The van der Waals surface area contributed by atoms with E-state index in [0.29, 0.717) is 0 Å². The predicted molar refractivity (Wildman–Crippen MR) is 89.5 cm³/mol. The van der Waals surface area contributed by atoms with Gasteiger partial charge in [-0.1, -0.05) is 56.1 Å². The van der Waals surface area contributed by atoms with Gasteiger partial charge >= 0.3 is 0 Å². The highest BCUT2D eigenvalue weighted by atomic mass is 79.9. The van der Waals surface area contributed by atoms with Crippen molar-refractivity contribution in [2.24, 2.45) is 0 Å². The first kappa shape index (κ1) is 14.5. The summed E-state index contributed by atoms with van der Waals surface area (Å²) in [6.45, 7) is 0. The lowest BCUT2D eigenvalue weighted by Gasteiger charge is -2.15. The highest BCUT2D eigenvalue weighted by Crippen LogP contribution is 2.31. The van der Waals surface area contributed by atoms with Crippen molar-refractivity contribution in [1.82, 2.24) is 9.78 Å². The minimum absolute atomic E-state index is 0.726. The summed E-state index contributed by atoms with van der Waals surface area (Å²) in [7, 11) is 0. The third-order valence-electron chi connectivity index (χ3n) is 3.21. The SMILES string of the molecule is OC(c1ccc(Br)cc1Br)c1ccnn1-c1ccccc1. The standard InChI is InChI=1S/C16H12Br2N2O/c17-11-6-7-13(14(18)10-11)16(21)15-8-9-19-20(15)12-4-2-1-3-5-12/h1-10,16,21H. The van der Waals surface area contributed by atoms with Gasteiger partial charge in [0, 0.05) is 20.7 Å². The van der Waals surface area contributed by atoms with Gasteiger partial charge in [0.05, 0.1) is 11.4 Å². The Morgan fingerprint density at radius 2 is 1.76 bits per heavy atom. The molecule has 0 aliphatic heterocycles. The van der Waals surface area contributed by atoms with Gasteiger partial charge < -0.3 is 5.11 Å². The lowest BCUT2D eigenvalue weighted by atomic mass is 10.1. The molecule has 1 heterocycles. The summed E-state index contributed by atoms with van der Waals surface area (Å²) in [5.41, 5.74) is 2.45. The van der Waals surface area contributed by atoms with Crippen LogP contribution in [-0.4, -0.2) is 14.9 Å². The van der Waals surface area contributed by atoms with Crippen LogP contribution in [0.4, 0.5) is 0 Å². The Morgan fingerprint density at radius 3 is 2.48 bits per heavy atom. The third-order valence-corrected chi connectivity index (χ3v) is 4.39. The van der Waals surface area contributed by atoms with Gasteiger partial charge in [0.1, 0.15) is 6.10 Å². The topological polar surface area (TPSA) is 38.1 Å². The molecule has 0 radical (unpaired) electrons. The van der Waals surface area contributed by atoms with Crippen molar-refractivity contribution in [3.05, 3.63) is 81.0 Å². The zero-order valence-electron chi connectivity index (χ0n) is 10.9. The molecule has 0 aliphatic rings. The van der Waals surface area contributed by atoms with Crippen molar-refractivity contribution in [3.8, 4) is 5.69 Å². The average molecular weight is 408 g/mol. The summed E-state index contributed by atoms with van der Waals surface area (Å²) in [6.07, 6.45) is 0.938. The van der Waals surface area contributed by atoms with Gasteiger partial charge in [0.25, 0.3) is 0 Å². The quantitative estimate of drug-likeness (QED) is 0.695. The highest BCUT2D eigenvalue weighted by molar-refractivity contribution is 9.11. The number of hydrogen-bond donors (Lipinski definition) is 1. The van der Waals surface area contributed by atoms with Crippen LogP contribution >= 0.6 is 31.9 Å². The Morgan fingerprint density at radius 1 is 1.00 bits per heavy atom. The first-order valence-electron chi connectivity index (χ1n) is 6.39. The molecule has 0 aliphatic carbocycles. The normalized spacial score (nSPS) is 12.3. The van der Waals surface area contributed by atoms with Crippen LogP contribution in [0.2, 0.25) is 0 Å². The molecular formula is C16H12Br2N2O. The fourth-order valence-electron chi connectivity index (χ4n) is 2.19. The van der Waals surface area contributed by atoms with Gasteiger partial charge in [-0.15, -0.1) is 0 Å². The van der Waals surface area contributed by atoms with Crippen molar-refractivity contribution >= 4 is 31.9 Å². The van der Waals surface area contributed by atoms with Crippen LogP contribution in [0.25, 0.3) is 5.69 Å². The van der Waals surface area contributed by atoms with E-state index in [-0.39, 0.29) is 0 Å². The minimum atomic E-state index is -0.754. The van der Waals surface area contributed by atoms with Crippen LogP contribution in [0.15, 0.2) is 69.7 Å². The van der Waals surface area contributed by atoms with Gasteiger partial charge in [-0.25, -0.2) is 4.68 Å². The average Bonchev–Trinajstić information content (AvgIpc) is 2.97. The van der Waals surface area contributed by atoms with E-state index in [1.165, 1.54) is 0 Å². The number of para-hydroxylation sites is 1. The number of aliphatic hydroxyl groups excluding tert-OH is 1. The molecule has 1 atom stereocenters. The van der Waals surface area contributed by atoms with E-state index >= 15 is 0 Å². The molecule has 3 nitrogen and oxygen atoms in total. The predicted octanol–water partition coefficient (Wildman–Crippen LogP) is 4.48. The van der Waals surface area contributed by atoms with Crippen LogP contribution in [0.5, 0.6) is 0 Å². The van der Waals surface area contributed by atoms with Crippen molar-refractivity contribution < 1.29 is 5.11 Å². The van der Waals surface area contributed by atoms with Crippen LogP contribution < -0.4 is 0 Å². The Balaban J connectivity index is 2.03. The van der Waals surface area contributed by atoms with Gasteiger partial charge in [-0.3, -0.25) is 0 Å². The zero-order valence-corrected chi connectivity index (χ0v) is 14.1. The molecule has 3 aromatic rings. The van der Waals surface area contributed by atoms with Gasteiger partial charge in [-0.2, -0.15) is 5.10 Å². The fraction of sp³-hybridized carbons (Fsp3) is 0.0625. The number of aromatic nitrogens is 2. The lowest BCUT2D eigenvalue weighted by Crippen LogP contribution is -2.09. The van der Waals surface area contributed by atoms with Crippen molar-refractivity contribution in [2.75, 3.05) is 0 Å². The zero-order chi connectivity index (χ0) is 14.8. The fourth-order valence-corrected chi connectivity index (χ4v) is 3.45. The van der Waals surface area contributed by atoms with E-state index < -0.39 is 6.10 Å². The summed E-state index contributed by atoms with van der Waals surface area (Å²) in [5.74, 6) is 0. The molecule has 0 spiro atoms. The Hall–Kier alpha value is -1.43. The molecule has 1 N–H and O–H groups in total. The Labute approximate surface area is 139 Å². The van der Waals surface area contributed by atoms with Crippen LogP contribution in [0.3, 0.4) is 0 Å². The van der Waals surface area contributed by atoms with E-state index in [1.807, 2.05) is 54.6 Å². The number of benzene rings is 2. The molecular weight excluding hydrogens is 396 g/mol. The maximum Gasteiger partial charge on any atom is 0.122 e. The molecule has 106 valence electrons. The largest absolute Gasteiger partial charge is 0.382 e. The number of halogens is 2. The van der Waals surface area contributed by atoms with Crippen molar-refractivity contribution in [3.63, 3.8) is 0 Å². The molecule has 21 heavy (non-hydrogen) atoms. The summed E-state index contributed by atoms with van der Waals surface area (Å²) >= 11 is 6.91. The maximum absolute atomic E-state index is 10.7. The number of rotatable bonds is 3. The van der Waals surface area contributed by atoms with Crippen LogP contribution in [-0.2, 0) is 0 Å². The van der Waals surface area contributed by atoms with E-state index in [2.05, 4.69) is 37.0 Å². The summed E-state index contributed by atoms with van der Waals surface area (Å²) < 4.78 is 3.56. The molecule has 0 saturated heterocycles. The first-order chi connectivity index (χ1) is 10.2. The molecule has 3 rings (SSSR count). The van der Waals surface area contributed by atoms with E-state index in [4.69, 9.17) is 0 Å². The van der Waals surface area contributed by atoms with E-state index in [0.717, 1.165) is 25.9 Å². The Bertz CT molecular complexity index is 756. The van der Waals surface area contributed by atoms with E-state index in [9.17, 15) is 5.11 Å². The van der Waals surface area contributed by atoms with E-state index in [1.54, 1.807) is 10.9 Å². The smallest absolute Gasteiger partial charge is 0.122 e.